The van der Waals surface area contributed by atoms with E-state index in [2.05, 4.69) is 31.1 Å². The molecule has 0 radical (unpaired) electrons. The van der Waals surface area contributed by atoms with E-state index in [1.165, 1.54) is 24.5 Å². The number of nitrogens with zero attached hydrogens (tertiary/aromatic N) is 4. The van der Waals surface area contributed by atoms with Gasteiger partial charge < -0.3 is 0 Å². The summed E-state index contributed by atoms with van der Waals surface area (Å²) in [6, 6.07) is 4.49. The van der Waals surface area contributed by atoms with Crippen molar-refractivity contribution in [2.75, 3.05) is 0 Å². The summed E-state index contributed by atoms with van der Waals surface area (Å²) in [5.74, 6) is 0.110. The van der Waals surface area contributed by atoms with E-state index >= 15 is 0 Å². The molecule has 0 bridgehead atoms. The molecule has 0 aliphatic rings. The zero-order valence-corrected chi connectivity index (χ0v) is 11.2. The molecule has 3 rings (SSSR count). The fourth-order valence-corrected chi connectivity index (χ4v) is 2.37. The van der Waals surface area contributed by atoms with Gasteiger partial charge in [0.2, 0.25) is 0 Å². The molecule has 0 aliphatic heterocycles. The van der Waals surface area contributed by atoms with E-state index in [0.717, 1.165) is 0 Å². The van der Waals surface area contributed by atoms with Gasteiger partial charge in [-0.05, 0) is 18.2 Å². The Balaban J connectivity index is 2.31. The first-order chi connectivity index (χ1) is 8.65. The molecule has 4 nitrogen and oxygen atoms in total. The summed E-state index contributed by atoms with van der Waals surface area (Å²) in [4.78, 5) is 3.92. The molecule has 0 saturated carbocycles. The number of fused-ring (bicyclic) bond motifs is 1. The number of rotatable bonds is 1. The van der Waals surface area contributed by atoms with Gasteiger partial charge in [-0.1, -0.05) is 27.5 Å². The van der Waals surface area contributed by atoms with E-state index in [1.54, 1.807) is 10.5 Å². The number of aromatic nitrogens is 4. The van der Waals surface area contributed by atoms with Gasteiger partial charge in [0.25, 0.3) is 0 Å². The first-order valence-electron chi connectivity index (χ1n) is 4.96. The normalized spacial score (nSPS) is 11.1. The molecule has 3 aromatic rings. The largest absolute Gasteiger partial charge is 0.262 e. The van der Waals surface area contributed by atoms with Crippen LogP contribution in [0.25, 0.3) is 17.0 Å². The smallest absolute Gasteiger partial charge is 0.180 e. The van der Waals surface area contributed by atoms with Crippen LogP contribution in [0.15, 0.2) is 35.1 Å². The van der Waals surface area contributed by atoms with E-state index < -0.39 is 0 Å². The Hall–Kier alpha value is -1.53. The van der Waals surface area contributed by atoms with Gasteiger partial charge in [-0.2, -0.15) is 0 Å². The summed E-state index contributed by atoms with van der Waals surface area (Å²) in [7, 11) is 0. The van der Waals surface area contributed by atoms with Crippen LogP contribution >= 0.6 is 27.5 Å². The maximum Gasteiger partial charge on any atom is 0.180 e. The van der Waals surface area contributed by atoms with E-state index in [0.29, 0.717) is 26.7 Å². The van der Waals surface area contributed by atoms with Crippen LogP contribution in [0.4, 0.5) is 4.39 Å². The zero-order valence-electron chi connectivity index (χ0n) is 8.81. The Labute approximate surface area is 115 Å². The molecular formula is C11H5BrClFN4. The predicted molar refractivity (Wildman–Crippen MR) is 68.9 cm³/mol. The molecule has 1 aromatic carbocycles. The van der Waals surface area contributed by atoms with Crippen LogP contribution < -0.4 is 0 Å². The maximum absolute atomic E-state index is 13.4. The summed E-state index contributed by atoms with van der Waals surface area (Å²) in [6.45, 7) is 0. The third kappa shape index (κ3) is 1.87. The predicted octanol–water partition coefficient (Wildman–Crippen LogP) is 3.35. The average molecular weight is 328 g/mol. The first kappa shape index (κ1) is 11.6. The van der Waals surface area contributed by atoms with Crippen LogP contribution in [0.3, 0.4) is 0 Å². The lowest BCUT2D eigenvalue weighted by molar-refractivity contribution is 0.627. The van der Waals surface area contributed by atoms with Crippen LogP contribution in [0.2, 0.25) is 5.15 Å². The molecule has 2 heterocycles. The van der Waals surface area contributed by atoms with Crippen molar-refractivity contribution < 1.29 is 4.39 Å². The van der Waals surface area contributed by atoms with Crippen molar-refractivity contribution in [3.63, 3.8) is 0 Å². The molecule has 0 N–H and O–H groups in total. The summed E-state index contributed by atoms with van der Waals surface area (Å²) < 4.78 is 15.6. The molecule has 90 valence electrons. The minimum absolute atomic E-state index is 0.360. The SMILES string of the molecule is Fc1cc(Br)cc(-c2nnc3cncc(Cl)n23)c1. The molecule has 18 heavy (non-hydrogen) atoms. The summed E-state index contributed by atoms with van der Waals surface area (Å²) in [6.07, 6.45) is 3.02. The lowest BCUT2D eigenvalue weighted by Crippen LogP contribution is -1.93. The lowest BCUT2D eigenvalue weighted by Gasteiger charge is -2.02. The molecule has 7 heteroatoms. The molecule has 0 saturated heterocycles. The molecule has 0 aliphatic carbocycles. The van der Waals surface area contributed by atoms with Crippen molar-refractivity contribution in [2.45, 2.75) is 0 Å². The van der Waals surface area contributed by atoms with Crippen molar-refractivity contribution >= 4 is 33.2 Å². The number of benzene rings is 1. The average Bonchev–Trinajstić information content (AvgIpc) is 2.73. The van der Waals surface area contributed by atoms with Crippen LogP contribution in [-0.2, 0) is 0 Å². The minimum Gasteiger partial charge on any atom is -0.262 e. The molecule has 0 spiro atoms. The number of hydrogen-bond donors (Lipinski definition) is 0. The fraction of sp³-hybridized carbons (Fsp3) is 0. The van der Waals surface area contributed by atoms with Gasteiger partial charge in [-0.3, -0.25) is 9.38 Å². The summed E-state index contributed by atoms with van der Waals surface area (Å²) in [5.41, 5.74) is 1.10. The topological polar surface area (TPSA) is 43.1 Å². The third-order valence-electron chi connectivity index (χ3n) is 2.39. The third-order valence-corrected chi connectivity index (χ3v) is 3.12. The molecular weight excluding hydrogens is 323 g/mol. The Kier molecular flexibility index (Phi) is 2.76. The Morgan fingerprint density at radius 2 is 2.00 bits per heavy atom. The second-order valence-corrected chi connectivity index (χ2v) is 4.91. The van der Waals surface area contributed by atoms with Gasteiger partial charge in [0, 0.05) is 10.0 Å². The van der Waals surface area contributed by atoms with Gasteiger partial charge in [0.1, 0.15) is 11.0 Å². The number of halogens is 3. The van der Waals surface area contributed by atoms with E-state index in [1.807, 2.05) is 0 Å². The molecule has 0 amide bonds. The van der Waals surface area contributed by atoms with Gasteiger partial charge in [0.05, 0.1) is 12.4 Å². The second kappa shape index (κ2) is 4.29. The molecule has 0 fully saturated rings. The summed E-state index contributed by atoms with van der Waals surface area (Å²) in [5, 5.41) is 8.32. The summed E-state index contributed by atoms with van der Waals surface area (Å²) >= 11 is 9.29. The van der Waals surface area contributed by atoms with Crippen molar-refractivity contribution in [2.24, 2.45) is 0 Å². The van der Waals surface area contributed by atoms with Crippen molar-refractivity contribution in [3.8, 4) is 11.4 Å². The lowest BCUT2D eigenvalue weighted by atomic mass is 10.2. The molecule has 0 atom stereocenters. The van der Waals surface area contributed by atoms with Gasteiger partial charge in [-0.25, -0.2) is 4.39 Å². The van der Waals surface area contributed by atoms with Crippen molar-refractivity contribution in [1.29, 1.82) is 0 Å². The van der Waals surface area contributed by atoms with Crippen LogP contribution in [0, 0.1) is 5.82 Å². The Morgan fingerprint density at radius 3 is 2.78 bits per heavy atom. The minimum atomic E-state index is -0.360. The molecule has 0 unspecified atom stereocenters. The maximum atomic E-state index is 13.4. The van der Waals surface area contributed by atoms with Crippen LogP contribution in [0.1, 0.15) is 0 Å². The van der Waals surface area contributed by atoms with E-state index in [4.69, 9.17) is 11.6 Å². The standard InChI is InChI=1S/C11H5BrClFN4/c12-7-1-6(2-8(14)3-7)11-17-16-10-5-15-4-9(13)18(10)11/h1-5H. The zero-order chi connectivity index (χ0) is 12.7. The second-order valence-electron chi connectivity index (χ2n) is 3.61. The quantitative estimate of drug-likeness (QED) is 0.688. The van der Waals surface area contributed by atoms with Crippen LogP contribution in [0.5, 0.6) is 0 Å². The molecule has 2 aromatic heterocycles. The number of hydrogen-bond acceptors (Lipinski definition) is 3. The van der Waals surface area contributed by atoms with Gasteiger partial charge in [-0.15, -0.1) is 10.2 Å². The Morgan fingerprint density at radius 1 is 1.17 bits per heavy atom. The van der Waals surface area contributed by atoms with Crippen molar-refractivity contribution in [1.82, 2.24) is 19.6 Å². The monoisotopic (exact) mass is 326 g/mol. The van der Waals surface area contributed by atoms with Crippen molar-refractivity contribution in [3.05, 3.63) is 46.0 Å². The van der Waals surface area contributed by atoms with Crippen LogP contribution in [-0.4, -0.2) is 19.6 Å². The highest BCUT2D eigenvalue weighted by Gasteiger charge is 2.12. The highest BCUT2D eigenvalue weighted by Crippen LogP contribution is 2.25. The van der Waals surface area contributed by atoms with Gasteiger partial charge >= 0.3 is 0 Å². The highest BCUT2D eigenvalue weighted by atomic mass is 79.9. The highest BCUT2D eigenvalue weighted by molar-refractivity contribution is 9.10. The Bertz CT molecular complexity index is 723. The van der Waals surface area contributed by atoms with E-state index in [9.17, 15) is 4.39 Å². The first-order valence-corrected chi connectivity index (χ1v) is 6.13. The fourth-order valence-electron chi connectivity index (χ4n) is 1.68. The van der Waals surface area contributed by atoms with Gasteiger partial charge in [0.15, 0.2) is 11.5 Å². The van der Waals surface area contributed by atoms with E-state index in [-0.39, 0.29) is 5.82 Å².